The lowest BCUT2D eigenvalue weighted by molar-refractivity contribution is -0.135. The zero-order chi connectivity index (χ0) is 20.7. The molecule has 28 heavy (non-hydrogen) atoms. The first-order chi connectivity index (χ1) is 13.2. The van der Waals surface area contributed by atoms with E-state index in [1.807, 2.05) is 24.3 Å². The van der Waals surface area contributed by atoms with E-state index in [1.54, 1.807) is 38.4 Å². The Labute approximate surface area is 166 Å². The van der Waals surface area contributed by atoms with Crippen molar-refractivity contribution in [1.29, 1.82) is 0 Å². The Bertz CT molecular complexity index is 810. The quantitative estimate of drug-likeness (QED) is 0.794. The van der Waals surface area contributed by atoms with Gasteiger partial charge in [-0.1, -0.05) is 39.0 Å². The summed E-state index contributed by atoms with van der Waals surface area (Å²) in [5, 5.41) is 2.74. The summed E-state index contributed by atoms with van der Waals surface area (Å²) < 4.78 is 10.7. The van der Waals surface area contributed by atoms with Gasteiger partial charge in [-0.15, -0.1) is 0 Å². The van der Waals surface area contributed by atoms with Crippen LogP contribution in [0.2, 0.25) is 0 Å². The van der Waals surface area contributed by atoms with Gasteiger partial charge in [-0.2, -0.15) is 0 Å². The molecule has 0 bridgehead atoms. The lowest BCUT2D eigenvalue weighted by Crippen LogP contribution is -2.37. The van der Waals surface area contributed by atoms with E-state index in [4.69, 9.17) is 9.47 Å². The van der Waals surface area contributed by atoms with Crippen molar-refractivity contribution >= 4 is 17.5 Å². The second-order valence-corrected chi connectivity index (χ2v) is 7.59. The van der Waals surface area contributed by atoms with E-state index >= 15 is 0 Å². The first kappa shape index (κ1) is 21.3. The van der Waals surface area contributed by atoms with E-state index in [2.05, 4.69) is 26.1 Å². The molecule has 0 spiro atoms. The zero-order valence-corrected chi connectivity index (χ0v) is 17.1. The van der Waals surface area contributed by atoms with E-state index < -0.39 is 0 Å². The highest BCUT2D eigenvalue weighted by Gasteiger charge is 2.15. The molecule has 0 unspecified atom stereocenters. The standard InChI is InChI=1S/C22H28N2O4/c1-22(2,3)16-9-11-18(12-10-16)28-15-21(26)24(4)14-20(25)23-17-7-6-8-19(13-17)27-5/h6-13H,14-15H2,1-5H3,(H,23,25). The Hall–Kier alpha value is -3.02. The van der Waals surface area contributed by atoms with Gasteiger partial charge in [0.05, 0.1) is 13.7 Å². The largest absolute Gasteiger partial charge is 0.497 e. The van der Waals surface area contributed by atoms with Gasteiger partial charge < -0.3 is 19.7 Å². The van der Waals surface area contributed by atoms with Crippen LogP contribution in [0.5, 0.6) is 11.5 Å². The fourth-order valence-corrected chi connectivity index (χ4v) is 2.51. The number of methoxy groups -OCH3 is 1. The van der Waals surface area contributed by atoms with Crippen molar-refractivity contribution < 1.29 is 19.1 Å². The van der Waals surface area contributed by atoms with E-state index in [0.29, 0.717) is 17.2 Å². The molecule has 0 aromatic heterocycles. The highest BCUT2D eigenvalue weighted by Crippen LogP contribution is 2.24. The van der Waals surface area contributed by atoms with Gasteiger partial charge in [0.25, 0.3) is 5.91 Å². The Balaban J connectivity index is 1.82. The molecular weight excluding hydrogens is 356 g/mol. The van der Waals surface area contributed by atoms with Crippen molar-refractivity contribution in [1.82, 2.24) is 4.90 Å². The van der Waals surface area contributed by atoms with Crippen molar-refractivity contribution in [3.63, 3.8) is 0 Å². The van der Waals surface area contributed by atoms with E-state index in [0.717, 1.165) is 0 Å². The van der Waals surface area contributed by atoms with Gasteiger partial charge in [0.2, 0.25) is 5.91 Å². The number of hydrogen-bond acceptors (Lipinski definition) is 4. The minimum atomic E-state index is -0.293. The zero-order valence-electron chi connectivity index (χ0n) is 17.1. The summed E-state index contributed by atoms with van der Waals surface area (Å²) in [5.74, 6) is 0.697. The summed E-state index contributed by atoms with van der Waals surface area (Å²) in [7, 11) is 3.13. The molecule has 0 saturated carbocycles. The van der Waals surface area contributed by atoms with Crippen LogP contribution in [0, 0.1) is 0 Å². The monoisotopic (exact) mass is 384 g/mol. The predicted molar refractivity (Wildman–Crippen MR) is 110 cm³/mol. The van der Waals surface area contributed by atoms with Gasteiger partial charge >= 0.3 is 0 Å². The predicted octanol–water partition coefficient (Wildman–Crippen LogP) is 3.47. The molecule has 0 atom stereocenters. The summed E-state index contributed by atoms with van der Waals surface area (Å²) >= 11 is 0. The third-order valence-corrected chi connectivity index (χ3v) is 4.24. The second-order valence-electron chi connectivity index (χ2n) is 7.59. The molecule has 2 aromatic rings. The van der Waals surface area contributed by atoms with Crippen molar-refractivity contribution in [3.05, 3.63) is 54.1 Å². The van der Waals surface area contributed by atoms with Crippen molar-refractivity contribution in [3.8, 4) is 11.5 Å². The van der Waals surface area contributed by atoms with Gasteiger partial charge in [-0.3, -0.25) is 9.59 Å². The Morgan fingerprint density at radius 3 is 2.32 bits per heavy atom. The molecule has 6 nitrogen and oxygen atoms in total. The molecule has 1 N–H and O–H groups in total. The molecule has 0 saturated heterocycles. The number of rotatable bonds is 7. The van der Waals surface area contributed by atoms with Gasteiger partial charge in [0.1, 0.15) is 11.5 Å². The van der Waals surface area contributed by atoms with E-state index in [9.17, 15) is 9.59 Å². The summed E-state index contributed by atoms with van der Waals surface area (Å²) in [6.45, 7) is 6.22. The average Bonchev–Trinajstić information content (AvgIpc) is 2.65. The number of benzene rings is 2. The number of hydrogen-bond donors (Lipinski definition) is 1. The maximum Gasteiger partial charge on any atom is 0.260 e. The van der Waals surface area contributed by atoms with Crippen molar-refractivity contribution in [2.24, 2.45) is 0 Å². The van der Waals surface area contributed by atoms with Crippen LogP contribution in [0.1, 0.15) is 26.3 Å². The summed E-state index contributed by atoms with van der Waals surface area (Å²) in [6.07, 6.45) is 0. The van der Waals surface area contributed by atoms with Crippen LogP contribution in [0.15, 0.2) is 48.5 Å². The molecule has 0 aliphatic heterocycles. The number of carbonyl (C=O) groups excluding carboxylic acids is 2. The smallest absolute Gasteiger partial charge is 0.260 e. The highest BCUT2D eigenvalue weighted by atomic mass is 16.5. The minimum Gasteiger partial charge on any atom is -0.497 e. The number of ether oxygens (including phenoxy) is 2. The summed E-state index contributed by atoms with van der Waals surface area (Å²) in [5.41, 5.74) is 1.86. The SMILES string of the molecule is COc1cccc(NC(=O)CN(C)C(=O)COc2ccc(C(C)(C)C)cc2)c1. The molecule has 0 fully saturated rings. The number of amides is 2. The topological polar surface area (TPSA) is 67.9 Å². The molecule has 6 heteroatoms. The second kappa shape index (κ2) is 9.26. The first-order valence-electron chi connectivity index (χ1n) is 9.10. The molecule has 2 aromatic carbocycles. The van der Waals surface area contributed by atoms with Gasteiger partial charge in [-0.05, 0) is 35.2 Å². The number of carbonyl (C=O) groups is 2. The van der Waals surface area contributed by atoms with Crippen molar-refractivity contribution in [2.75, 3.05) is 32.6 Å². The molecule has 150 valence electrons. The summed E-state index contributed by atoms with van der Waals surface area (Å²) in [4.78, 5) is 25.7. The van der Waals surface area contributed by atoms with E-state index in [-0.39, 0.29) is 30.4 Å². The number of nitrogens with one attached hydrogen (secondary N) is 1. The molecule has 0 heterocycles. The van der Waals surface area contributed by atoms with Crippen LogP contribution >= 0.6 is 0 Å². The van der Waals surface area contributed by atoms with Gasteiger partial charge in [-0.25, -0.2) is 0 Å². The Kier molecular flexibility index (Phi) is 7.04. The highest BCUT2D eigenvalue weighted by molar-refractivity contribution is 5.94. The average molecular weight is 384 g/mol. The first-order valence-corrected chi connectivity index (χ1v) is 9.10. The van der Waals surface area contributed by atoms with Crippen LogP contribution in [-0.4, -0.2) is 44.0 Å². The number of likely N-dealkylation sites (N-methyl/N-ethyl adjacent to an activating group) is 1. The minimum absolute atomic E-state index is 0.0602. The Morgan fingerprint density at radius 1 is 1.04 bits per heavy atom. The van der Waals surface area contributed by atoms with Gasteiger partial charge in [0, 0.05) is 18.8 Å². The third kappa shape index (κ3) is 6.30. The van der Waals surface area contributed by atoms with Crippen LogP contribution in [-0.2, 0) is 15.0 Å². The van der Waals surface area contributed by atoms with Crippen LogP contribution in [0.25, 0.3) is 0 Å². The lowest BCUT2D eigenvalue weighted by Gasteiger charge is -2.20. The fraction of sp³-hybridized carbons (Fsp3) is 0.364. The Morgan fingerprint density at radius 2 is 1.71 bits per heavy atom. The number of nitrogens with zero attached hydrogens (tertiary/aromatic N) is 1. The van der Waals surface area contributed by atoms with Crippen molar-refractivity contribution in [2.45, 2.75) is 26.2 Å². The lowest BCUT2D eigenvalue weighted by atomic mass is 9.87. The third-order valence-electron chi connectivity index (χ3n) is 4.24. The number of anilines is 1. The van der Waals surface area contributed by atoms with Crippen LogP contribution in [0.3, 0.4) is 0 Å². The van der Waals surface area contributed by atoms with Crippen LogP contribution < -0.4 is 14.8 Å². The van der Waals surface area contributed by atoms with Crippen LogP contribution in [0.4, 0.5) is 5.69 Å². The normalized spacial score (nSPS) is 10.9. The molecule has 0 aliphatic rings. The van der Waals surface area contributed by atoms with E-state index in [1.165, 1.54) is 10.5 Å². The maximum absolute atomic E-state index is 12.2. The maximum atomic E-state index is 12.2. The van der Waals surface area contributed by atoms with Gasteiger partial charge in [0.15, 0.2) is 6.61 Å². The summed E-state index contributed by atoms with van der Waals surface area (Å²) in [6, 6.07) is 14.7. The molecule has 0 aliphatic carbocycles. The molecule has 2 amide bonds. The fourth-order valence-electron chi connectivity index (χ4n) is 2.51. The molecule has 2 rings (SSSR count). The molecule has 0 radical (unpaired) electrons. The molecular formula is C22H28N2O4.